The molecule has 2 heterocycles. The number of anilines is 1. The molecule has 0 saturated carbocycles. The van der Waals surface area contributed by atoms with Crippen LogP contribution < -0.4 is 5.32 Å². The number of likely N-dealkylation sites (tertiary alicyclic amines) is 1. The number of nitrogens with one attached hydrogen (secondary N) is 1. The molecule has 104 valence electrons. The average Bonchev–Trinajstić information content (AvgIpc) is 2.70. The van der Waals surface area contributed by atoms with E-state index < -0.39 is 4.92 Å². The third kappa shape index (κ3) is 3.10. The van der Waals surface area contributed by atoms with E-state index in [9.17, 15) is 10.1 Å². The summed E-state index contributed by atoms with van der Waals surface area (Å²) in [5.74, 6) is 0.197. The minimum Gasteiger partial charge on any atom is -0.363 e. The summed E-state index contributed by atoms with van der Waals surface area (Å²) in [5, 5.41) is 14.1. The molecule has 1 atom stereocenters. The molecule has 1 aliphatic rings. The van der Waals surface area contributed by atoms with Crippen molar-refractivity contribution in [3.63, 3.8) is 0 Å². The molecule has 0 aliphatic carbocycles. The van der Waals surface area contributed by atoms with Gasteiger partial charge in [0.2, 0.25) is 11.1 Å². The van der Waals surface area contributed by atoms with Crippen LogP contribution in [0, 0.1) is 17.0 Å². The van der Waals surface area contributed by atoms with Crippen LogP contribution in [0.3, 0.4) is 0 Å². The van der Waals surface area contributed by atoms with Crippen molar-refractivity contribution >= 4 is 23.1 Å². The number of nitro groups is 1. The van der Waals surface area contributed by atoms with E-state index in [2.05, 4.69) is 20.2 Å². The first-order chi connectivity index (χ1) is 8.99. The van der Waals surface area contributed by atoms with Crippen molar-refractivity contribution in [2.75, 3.05) is 25.5 Å². The second kappa shape index (κ2) is 5.66. The SMILES string of the molecule is Cc1nc(Cl)nc(NCC2CCCN2C)c1[N+](=O)[O-]. The monoisotopic (exact) mass is 285 g/mol. The lowest BCUT2D eigenvalue weighted by molar-refractivity contribution is -0.385. The number of rotatable bonds is 4. The highest BCUT2D eigenvalue weighted by Crippen LogP contribution is 2.27. The highest BCUT2D eigenvalue weighted by atomic mass is 35.5. The molecule has 1 N–H and O–H groups in total. The van der Waals surface area contributed by atoms with Gasteiger partial charge < -0.3 is 10.2 Å². The maximum atomic E-state index is 11.0. The van der Waals surface area contributed by atoms with Gasteiger partial charge in [-0.25, -0.2) is 4.98 Å². The maximum Gasteiger partial charge on any atom is 0.332 e. The zero-order chi connectivity index (χ0) is 14.0. The average molecular weight is 286 g/mol. The molecule has 0 aromatic carbocycles. The Bertz CT molecular complexity index is 496. The van der Waals surface area contributed by atoms with E-state index in [1.54, 1.807) is 6.92 Å². The van der Waals surface area contributed by atoms with Gasteiger partial charge in [0.15, 0.2) is 0 Å². The van der Waals surface area contributed by atoms with Gasteiger partial charge in [0, 0.05) is 12.6 Å². The third-order valence-corrected chi connectivity index (χ3v) is 3.56. The van der Waals surface area contributed by atoms with E-state index in [1.807, 2.05) is 7.05 Å². The van der Waals surface area contributed by atoms with E-state index in [0.717, 1.165) is 19.4 Å². The molecule has 1 aliphatic heterocycles. The van der Waals surface area contributed by atoms with Crippen LogP contribution in [-0.2, 0) is 0 Å². The van der Waals surface area contributed by atoms with Crippen molar-refractivity contribution < 1.29 is 4.92 Å². The summed E-state index contributed by atoms with van der Waals surface area (Å²) in [5.41, 5.74) is 0.164. The van der Waals surface area contributed by atoms with Crippen LogP contribution in [-0.4, -0.2) is 46.0 Å². The molecule has 1 saturated heterocycles. The van der Waals surface area contributed by atoms with Crippen molar-refractivity contribution in [1.29, 1.82) is 0 Å². The van der Waals surface area contributed by atoms with E-state index in [0.29, 0.717) is 12.6 Å². The molecule has 2 rings (SSSR count). The highest BCUT2D eigenvalue weighted by Gasteiger charge is 2.25. The first-order valence-electron chi connectivity index (χ1n) is 6.11. The fourth-order valence-corrected chi connectivity index (χ4v) is 2.54. The van der Waals surface area contributed by atoms with Crippen LogP contribution in [0.4, 0.5) is 11.5 Å². The predicted octanol–water partition coefficient (Wildman–Crippen LogP) is 1.85. The van der Waals surface area contributed by atoms with Crippen LogP contribution in [0.2, 0.25) is 5.28 Å². The largest absolute Gasteiger partial charge is 0.363 e. The van der Waals surface area contributed by atoms with Crippen LogP contribution in [0.15, 0.2) is 0 Å². The molecule has 1 unspecified atom stereocenters. The number of aryl methyl sites for hydroxylation is 1. The van der Waals surface area contributed by atoms with Gasteiger partial charge in [0.1, 0.15) is 5.69 Å². The Hall–Kier alpha value is -1.47. The Morgan fingerprint density at radius 1 is 1.58 bits per heavy atom. The molecule has 0 amide bonds. The van der Waals surface area contributed by atoms with E-state index in [4.69, 9.17) is 11.6 Å². The summed E-state index contributed by atoms with van der Waals surface area (Å²) in [7, 11) is 2.05. The van der Waals surface area contributed by atoms with Gasteiger partial charge in [-0.15, -0.1) is 0 Å². The standard InChI is InChI=1S/C11H16ClN5O2/c1-7-9(17(18)19)10(15-11(12)14-7)13-6-8-4-3-5-16(8)2/h8H,3-6H2,1-2H3,(H,13,14,15). The van der Waals surface area contributed by atoms with Crippen LogP contribution in [0.25, 0.3) is 0 Å². The predicted molar refractivity (Wildman–Crippen MR) is 72.6 cm³/mol. The minimum atomic E-state index is -0.480. The van der Waals surface area contributed by atoms with Crippen molar-refractivity contribution in [1.82, 2.24) is 14.9 Å². The Balaban J connectivity index is 2.17. The maximum absolute atomic E-state index is 11.0. The number of nitrogens with zero attached hydrogens (tertiary/aromatic N) is 4. The second-order valence-electron chi connectivity index (χ2n) is 4.69. The molecule has 0 bridgehead atoms. The summed E-state index contributed by atoms with van der Waals surface area (Å²) in [6.45, 7) is 3.22. The van der Waals surface area contributed by atoms with Gasteiger partial charge in [0.25, 0.3) is 0 Å². The van der Waals surface area contributed by atoms with E-state index in [-0.39, 0.29) is 22.5 Å². The Morgan fingerprint density at radius 3 is 2.89 bits per heavy atom. The lowest BCUT2D eigenvalue weighted by atomic mass is 10.2. The number of likely N-dealkylation sites (N-methyl/N-ethyl adjacent to an activating group) is 1. The quantitative estimate of drug-likeness (QED) is 0.516. The third-order valence-electron chi connectivity index (χ3n) is 3.39. The Morgan fingerprint density at radius 2 is 2.32 bits per heavy atom. The summed E-state index contributed by atoms with van der Waals surface area (Å²) >= 11 is 5.76. The summed E-state index contributed by atoms with van der Waals surface area (Å²) in [4.78, 5) is 20.5. The zero-order valence-electron chi connectivity index (χ0n) is 10.9. The Kier molecular flexibility index (Phi) is 4.16. The highest BCUT2D eigenvalue weighted by molar-refractivity contribution is 6.28. The molecular weight excluding hydrogens is 270 g/mol. The Labute approximate surface area is 116 Å². The van der Waals surface area contributed by atoms with Crippen molar-refractivity contribution in [3.8, 4) is 0 Å². The summed E-state index contributed by atoms with van der Waals surface area (Å²) in [6.07, 6.45) is 2.23. The number of aromatic nitrogens is 2. The first-order valence-corrected chi connectivity index (χ1v) is 6.49. The molecule has 7 nitrogen and oxygen atoms in total. The van der Waals surface area contributed by atoms with E-state index in [1.165, 1.54) is 0 Å². The van der Waals surface area contributed by atoms with Crippen LogP contribution in [0.1, 0.15) is 18.5 Å². The van der Waals surface area contributed by atoms with Crippen molar-refractivity contribution in [3.05, 3.63) is 21.1 Å². The second-order valence-corrected chi connectivity index (χ2v) is 5.03. The molecule has 0 spiro atoms. The molecule has 1 fully saturated rings. The molecule has 8 heteroatoms. The molecule has 19 heavy (non-hydrogen) atoms. The van der Waals surface area contributed by atoms with Crippen LogP contribution in [0.5, 0.6) is 0 Å². The molecular formula is C11H16ClN5O2. The summed E-state index contributed by atoms with van der Waals surface area (Å²) < 4.78 is 0. The fraction of sp³-hybridized carbons (Fsp3) is 0.636. The molecule has 1 aromatic heterocycles. The smallest absolute Gasteiger partial charge is 0.332 e. The number of hydrogen-bond acceptors (Lipinski definition) is 6. The summed E-state index contributed by atoms with van der Waals surface area (Å²) in [6, 6.07) is 0.369. The van der Waals surface area contributed by atoms with Crippen molar-refractivity contribution in [2.24, 2.45) is 0 Å². The fourth-order valence-electron chi connectivity index (χ4n) is 2.33. The zero-order valence-corrected chi connectivity index (χ0v) is 11.6. The van der Waals surface area contributed by atoms with Gasteiger partial charge in [-0.1, -0.05) is 0 Å². The van der Waals surface area contributed by atoms with Gasteiger partial charge >= 0.3 is 5.69 Å². The number of hydrogen-bond donors (Lipinski definition) is 1. The van der Waals surface area contributed by atoms with Gasteiger partial charge in [-0.2, -0.15) is 4.98 Å². The first kappa shape index (κ1) is 14.0. The lowest BCUT2D eigenvalue weighted by Gasteiger charge is -2.19. The minimum absolute atomic E-state index is 0.0189. The lowest BCUT2D eigenvalue weighted by Crippen LogP contribution is -2.32. The normalized spacial score (nSPS) is 19.6. The van der Waals surface area contributed by atoms with Gasteiger partial charge in [-0.3, -0.25) is 10.1 Å². The van der Waals surface area contributed by atoms with Crippen molar-refractivity contribution in [2.45, 2.75) is 25.8 Å². The number of halogens is 1. The molecule has 0 radical (unpaired) electrons. The van der Waals surface area contributed by atoms with Gasteiger partial charge in [-0.05, 0) is 45.0 Å². The van der Waals surface area contributed by atoms with Gasteiger partial charge in [0.05, 0.1) is 4.92 Å². The van der Waals surface area contributed by atoms with Crippen LogP contribution >= 0.6 is 11.6 Å². The van der Waals surface area contributed by atoms with E-state index >= 15 is 0 Å². The molecule has 1 aromatic rings. The topological polar surface area (TPSA) is 84.2 Å².